The summed E-state index contributed by atoms with van der Waals surface area (Å²) in [7, 11) is 0. The molecule has 0 saturated carbocycles. The normalized spacial score (nSPS) is 20.2. The first-order chi connectivity index (χ1) is 12.4. The highest BCUT2D eigenvalue weighted by atomic mass is 127. The van der Waals surface area contributed by atoms with Crippen molar-refractivity contribution in [3.05, 3.63) is 45.8 Å². The van der Waals surface area contributed by atoms with Gasteiger partial charge in [0.25, 0.3) is 0 Å². The second-order valence-corrected chi connectivity index (χ2v) is 7.73. The number of hydrogen-bond donors (Lipinski definition) is 3. The number of pyridine rings is 1. The van der Waals surface area contributed by atoms with Gasteiger partial charge in [0.15, 0.2) is 0 Å². The van der Waals surface area contributed by atoms with E-state index in [1.807, 2.05) is 37.3 Å². The molecule has 0 spiro atoms. The minimum atomic E-state index is -1.07. The van der Waals surface area contributed by atoms with Gasteiger partial charge in [-0.15, -0.1) is 0 Å². The topological polar surface area (TPSA) is 91.3 Å². The van der Waals surface area contributed by atoms with Gasteiger partial charge in [0, 0.05) is 26.9 Å². The number of anilines is 1. The average Bonchev–Trinajstić information content (AvgIpc) is 2.60. The lowest BCUT2D eigenvalue weighted by Crippen LogP contribution is -2.28. The van der Waals surface area contributed by atoms with Crippen LogP contribution in [0.1, 0.15) is 37.9 Å². The molecule has 1 aliphatic rings. The molecule has 2 heterocycles. The Hall–Kier alpha value is -2.16. The zero-order chi connectivity index (χ0) is 18.7. The van der Waals surface area contributed by atoms with Crippen LogP contribution in [0.5, 0.6) is 0 Å². The van der Waals surface area contributed by atoms with Crippen LogP contribution in [0, 0.1) is 9.49 Å². The summed E-state index contributed by atoms with van der Waals surface area (Å²) in [5.41, 5.74) is 3.24. The van der Waals surface area contributed by atoms with Gasteiger partial charge in [-0.25, -0.2) is 4.79 Å². The van der Waals surface area contributed by atoms with Crippen LogP contribution >= 0.6 is 22.6 Å². The van der Waals surface area contributed by atoms with E-state index in [9.17, 15) is 9.59 Å². The first kappa shape index (κ1) is 18.6. The summed E-state index contributed by atoms with van der Waals surface area (Å²) >= 11 is 2.22. The van der Waals surface area contributed by atoms with Crippen molar-refractivity contribution in [3.63, 3.8) is 0 Å². The second kappa shape index (κ2) is 8.03. The molecule has 136 valence electrons. The average molecular weight is 465 g/mol. The fourth-order valence-electron chi connectivity index (χ4n) is 3.14. The van der Waals surface area contributed by atoms with Gasteiger partial charge in [0.1, 0.15) is 0 Å². The molecule has 0 unspecified atom stereocenters. The van der Waals surface area contributed by atoms with E-state index in [1.165, 1.54) is 0 Å². The SMILES string of the molecule is C[C@@H]1CCC[C@H](NC(=O)O)c2cc(ccn2)-c2ccc(I)cc2NC1=O. The third kappa shape index (κ3) is 4.32. The minimum Gasteiger partial charge on any atom is -0.465 e. The lowest BCUT2D eigenvalue weighted by atomic mass is 9.95. The van der Waals surface area contributed by atoms with Gasteiger partial charge in [-0.2, -0.15) is 0 Å². The number of hydrogen-bond acceptors (Lipinski definition) is 3. The van der Waals surface area contributed by atoms with E-state index in [0.29, 0.717) is 18.5 Å². The van der Waals surface area contributed by atoms with Gasteiger partial charge < -0.3 is 15.7 Å². The highest BCUT2D eigenvalue weighted by Gasteiger charge is 2.21. The quantitative estimate of drug-likeness (QED) is 0.544. The Morgan fingerprint density at radius 1 is 1.31 bits per heavy atom. The van der Waals surface area contributed by atoms with Crippen molar-refractivity contribution in [3.8, 4) is 11.1 Å². The molecule has 26 heavy (non-hydrogen) atoms. The maximum absolute atomic E-state index is 12.6. The molecule has 0 saturated heterocycles. The molecule has 0 radical (unpaired) electrons. The summed E-state index contributed by atoms with van der Waals surface area (Å²) < 4.78 is 1.03. The van der Waals surface area contributed by atoms with Crippen LogP contribution in [0.4, 0.5) is 10.5 Å². The number of rotatable bonds is 1. The molecule has 2 atom stereocenters. The van der Waals surface area contributed by atoms with Gasteiger partial charge in [-0.05, 0) is 65.3 Å². The Bertz CT molecular complexity index is 841. The zero-order valence-electron chi connectivity index (χ0n) is 14.3. The van der Waals surface area contributed by atoms with Crippen LogP contribution in [0.2, 0.25) is 0 Å². The molecule has 3 rings (SSSR count). The van der Waals surface area contributed by atoms with Crippen LogP contribution in [0.3, 0.4) is 0 Å². The third-order valence-electron chi connectivity index (χ3n) is 4.56. The molecule has 7 heteroatoms. The van der Waals surface area contributed by atoms with Crippen LogP contribution < -0.4 is 10.6 Å². The molecular formula is C19H20IN3O3. The van der Waals surface area contributed by atoms with Crippen molar-refractivity contribution < 1.29 is 14.7 Å². The number of carboxylic acid groups (broad SMARTS) is 1. The fourth-order valence-corrected chi connectivity index (χ4v) is 3.63. The first-order valence-corrected chi connectivity index (χ1v) is 9.58. The Kier molecular flexibility index (Phi) is 5.75. The summed E-state index contributed by atoms with van der Waals surface area (Å²) in [6.07, 6.45) is 2.61. The lowest BCUT2D eigenvalue weighted by Gasteiger charge is -2.21. The van der Waals surface area contributed by atoms with Crippen molar-refractivity contribution in [2.45, 2.75) is 32.2 Å². The van der Waals surface area contributed by atoms with E-state index in [4.69, 9.17) is 5.11 Å². The minimum absolute atomic E-state index is 0.0224. The summed E-state index contributed by atoms with van der Waals surface area (Å²) in [6.45, 7) is 1.89. The standard InChI is InChI=1S/C19H20IN3O3/c1-11-3-2-4-15(23-19(25)26)17-9-12(7-8-21-17)14-6-5-13(20)10-16(14)22-18(11)24/h5-11,15,23H,2-4H2,1H3,(H,22,24)(H,25,26)/t11-,15+/m1/s1. The number of carbonyl (C=O) groups excluding carboxylic acids is 1. The molecule has 0 aliphatic carbocycles. The highest BCUT2D eigenvalue weighted by molar-refractivity contribution is 14.1. The maximum atomic E-state index is 12.6. The fraction of sp³-hybridized carbons (Fsp3) is 0.316. The molecule has 0 fully saturated rings. The van der Waals surface area contributed by atoms with Gasteiger partial charge >= 0.3 is 6.09 Å². The Labute approximate surface area is 165 Å². The molecule has 1 aromatic carbocycles. The van der Waals surface area contributed by atoms with Crippen LogP contribution in [-0.2, 0) is 4.79 Å². The molecule has 3 N–H and O–H groups in total. The summed E-state index contributed by atoms with van der Waals surface area (Å²) in [5, 5.41) is 14.8. The molecule has 2 bridgehead atoms. The lowest BCUT2D eigenvalue weighted by molar-refractivity contribution is -0.119. The highest BCUT2D eigenvalue weighted by Crippen LogP contribution is 2.32. The molecule has 2 aromatic rings. The molecular weight excluding hydrogens is 445 g/mol. The number of fused-ring (bicyclic) bond motifs is 4. The Balaban J connectivity index is 2.10. The Morgan fingerprint density at radius 3 is 2.88 bits per heavy atom. The van der Waals surface area contributed by atoms with Crippen LogP contribution in [0.25, 0.3) is 11.1 Å². The van der Waals surface area contributed by atoms with Gasteiger partial charge in [-0.1, -0.05) is 19.4 Å². The van der Waals surface area contributed by atoms with Crippen molar-refractivity contribution in [2.24, 2.45) is 5.92 Å². The Morgan fingerprint density at radius 2 is 2.12 bits per heavy atom. The molecule has 1 aromatic heterocycles. The molecule has 1 aliphatic heterocycles. The van der Waals surface area contributed by atoms with Crippen LogP contribution in [0.15, 0.2) is 36.5 Å². The number of benzene rings is 1. The smallest absolute Gasteiger partial charge is 0.405 e. The van der Waals surface area contributed by atoms with E-state index in [1.54, 1.807) is 6.20 Å². The van der Waals surface area contributed by atoms with Gasteiger partial charge in [-0.3, -0.25) is 9.78 Å². The van der Waals surface area contributed by atoms with E-state index >= 15 is 0 Å². The van der Waals surface area contributed by atoms with E-state index in [-0.39, 0.29) is 11.8 Å². The third-order valence-corrected chi connectivity index (χ3v) is 5.23. The number of amides is 2. The van der Waals surface area contributed by atoms with E-state index in [2.05, 4.69) is 38.2 Å². The summed E-state index contributed by atoms with van der Waals surface area (Å²) in [5.74, 6) is -0.178. The monoisotopic (exact) mass is 465 g/mol. The van der Waals surface area contributed by atoms with Crippen LogP contribution in [-0.4, -0.2) is 22.1 Å². The maximum Gasteiger partial charge on any atom is 0.405 e. The summed E-state index contributed by atoms with van der Waals surface area (Å²) in [4.78, 5) is 28.1. The van der Waals surface area contributed by atoms with Crippen molar-refractivity contribution in [1.82, 2.24) is 10.3 Å². The van der Waals surface area contributed by atoms with Gasteiger partial charge in [0.2, 0.25) is 5.91 Å². The second-order valence-electron chi connectivity index (χ2n) is 6.48. The number of nitrogens with zero attached hydrogens (tertiary/aromatic N) is 1. The zero-order valence-corrected chi connectivity index (χ0v) is 16.5. The summed E-state index contributed by atoms with van der Waals surface area (Å²) in [6, 6.07) is 9.26. The molecule has 6 nitrogen and oxygen atoms in total. The number of halogens is 1. The van der Waals surface area contributed by atoms with Crippen molar-refractivity contribution in [2.75, 3.05) is 5.32 Å². The predicted octanol–water partition coefficient (Wildman–Crippen LogP) is 4.42. The number of nitrogens with one attached hydrogen (secondary N) is 2. The number of aromatic nitrogens is 1. The van der Waals surface area contributed by atoms with E-state index < -0.39 is 12.1 Å². The first-order valence-electron chi connectivity index (χ1n) is 8.50. The predicted molar refractivity (Wildman–Crippen MR) is 108 cm³/mol. The van der Waals surface area contributed by atoms with E-state index in [0.717, 1.165) is 26.8 Å². The molecule has 2 amide bonds. The number of carbonyl (C=O) groups is 2. The van der Waals surface area contributed by atoms with Gasteiger partial charge in [0.05, 0.1) is 11.7 Å². The van der Waals surface area contributed by atoms with Crippen molar-refractivity contribution in [1.29, 1.82) is 0 Å². The largest absolute Gasteiger partial charge is 0.465 e. The van der Waals surface area contributed by atoms with Crippen molar-refractivity contribution >= 4 is 40.3 Å².